The predicted molar refractivity (Wildman–Crippen MR) is 107 cm³/mol. The van der Waals surface area contributed by atoms with Crippen LogP contribution < -0.4 is 4.74 Å². The number of carbonyl (C=O) groups excluding carboxylic acids is 2. The molecule has 1 amide bonds. The number of aromatic nitrogens is 2. The van der Waals surface area contributed by atoms with E-state index in [1.807, 2.05) is 13.8 Å². The lowest BCUT2D eigenvalue weighted by atomic mass is 10.1. The first-order valence-corrected chi connectivity index (χ1v) is 10.9. The van der Waals surface area contributed by atoms with E-state index in [9.17, 15) is 9.59 Å². The standard InChI is InChI=1S/C17H21N3O3S3/c1-4-20(5-2)15(22)11-25-17-19-18-16(26-17)24-10-14(21)12-6-8-13(23-3)9-7-12/h6-9H,4-5,10-11H2,1-3H3. The fourth-order valence-electron chi connectivity index (χ4n) is 2.09. The van der Waals surface area contributed by atoms with Crippen molar-refractivity contribution in [2.45, 2.75) is 22.5 Å². The second kappa shape index (κ2) is 10.5. The number of ether oxygens (including phenoxy) is 1. The van der Waals surface area contributed by atoms with Crippen molar-refractivity contribution in [3.8, 4) is 5.75 Å². The third-order valence-corrected chi connectivity index (χ3v) is 6.74. The van der Waals surface area contributed by atoms with Gasteiger partial charge in [0.15, 0.2) is 14.5 Å². The van der Waals surface area contributed by atoms with Crippen LogP contribution in [0.4, 0.5) is 0 Å². The minimum atomic E-state index is 0.0266. The van der Waals surface area contributed by atoms with Crippen molar-refractivity contribution in [1.82, 2.24) is 15.1 Å². The third kappa shape index (κ3) is 6.00. The van der Waals surface area contributed by atoms with Crippen LogP contribution in [0.2, 0.25) is 0 Å². The van der Waals surface area contributed by atoms with Gasteiger partial charge < -0.3 is 9.64 Å². The Labute approximate surface area is 165 Å². The van der Waals surface area contributed by atoms with Crippen LogP contribution in [0.15, 0.2) is 32.9 Å². The van der Waals surface area contributed by atoms with Crippen molar-refractivity contribution < 1.29 is 14.3 Å². The third-order valence-electron chi connectivity index (χ3n) is 3.56. The van der Waals surface area contributed by atoms with Gasteiger partial charge in [-0.25, -0.2) is 0 Å². The summed E-state index contributed by atoms with van der Waals surface area (Å²) >= 11 is 4.15. The molecule has 2 aromatic rings. The lowest BCUT2D eigenvalue weighted by Gasteiger charge is -2.17. The molecule has 0 unspecified atom stereocenters. The maximum Gasteiger partial charge on any atom is 0.233 e. The SMILES string of the molecule is CCN(CC)C(=O)CSc1nnc(SCC(=O)c2ccc(OC)cc2)s1. The number of hydrogen-bond donors (Lipinski definition) is 0. The number of benzene rings is 1. The second-order valence-electron chi connectivity index (χ2n) is 5.13. The Bertz CT molecular complexity index is 730. The van der Waals surface area contributed by atoms with E-state index in [0.29, 0.717) is 30.2 Å². The van der Waals surface area contributed by atoms with Gasteiger partial charge in [-0.1, -0.05) is 34.9 Å². The molecule has 6 nitrogen and oxygen atoms in total. The van der Waals surface area contributed by atoms with E-state index >= 15 is 0 Å². The molecule has 0 bridgehead atoms. The molecule has 0 radical (unpaired) electrons. The predicted octanol–water partition coefficient (Wildman–Crippen LogP) is 3.48. The van der Waals surface area contributed by atoms with Crippen LogP contribution in [0.1, 0.15) is 24.2 Å². The first-order valence-electron chi connectivity index (χ1n) is 8.11. The number of carbonyl (C=O) groups is 2. The molecule has 2 rings (SSSR count). The second-order valence-corrected chi connectivity index (χ2v) is 8.55. The molecule has 0 saturated carbocycles. The lowest BCUT2D eigenvalue weighted by Crippen LogP contribution is -2.31. The molecule has 0 N–H and O–H groups in total. The fourth-order valence-corrected chi connectivity index (χ4v) is 4.91. The van der Waals surface area contributed by atoms with Crippen LogP contribution in [0.25, 0.3) is 0 Å². The van der Waals surface area contributed by atoms with Gasteiger partial charge in [0.2, 0.25) is 5.91 Å². The van der Waals surface area contributed by atoms with Crippen molar-refractivity contribution in [2.75, 3.05) is 31.7 Å². The maximum absolute atomic E-state index is 12.2. The average molecular weight is 412 g/mol. The molecule has 1 aromatic heterocycles. The van der Waals surface area contributed by atoms with Gasteiger partial charge in [-0.3, -0.25) is 9.59 Å². The molecule has 0 saturated heterocycles. The van der Waals surface area contributed by atoms with Crippen LogP contribution in [0.3, 0.4) is 0 Å². The number of amides is 1. The smallest absolute Gasteiger partial charge is 0.233 e. The zero-order valence-electron chi connectivity index (χ0n) is 14.9. The van der Waals surface area contributed by atoms with Gasteiger partial charge in [-0.2, -0.15) is 0 Å². The van der Waals surface area contributed by atoms with Crippen LogP contribution >= 0.6 is 34.9 Å². The molecule has 0 aliphatic rings. The van der Waals surface area contributed by atoms with Crippen molar-refractivity contribution in [3.63, 3.8) is 0 Å². The fraction of sp³-hybridized carbons (Fsp3) is 0.412. The Morgan fingerprint density at radius 1 is 1.04 bits per heavy atom. The van der Waals surface area contributed by atoms with Crippen LogP contribution in [0.5, 0.6) is 5.75 Å². The molecular formula is C17H21N3O3S3. The lowest BCUT2D eigenvalue weighted by molar-refractivity contribution is -0.127. The van der Waals surface area contributed by atoms with Gasteiger partial charge in [0.05, 0.1) is 18.6 Å². The summed E-state index contributed by atoms with van der Waals surface area (Å²) in [5.74, 6) is 1.49. The Morgan fingerprint density at radius 2 is 1.62 bits per heavy atom. The van der Waals surface area contributed by atoms with Crippen molar-refractivity contribution in [2.24, 2.45) is 0 Å². The molecular weight excluding hydrogens is 390 g/mol. The molecule has 1 aromatic carbocycles. The molecule has 0 fully saturated rings. The Hall–Kier alpha value is -1.58. The van der Waals surface area contributed by atoms with E-state index in [2.05, 4.69) is 10.2 Å². The monoisotopic (exact) mass is 411 g/mol. The molecule has 26 heavy (non-hydrogen) atoms. The summed E-state index contributed by atoms with van der Waals surface area (Å²) < 4.78 is 6.55. The maximum atomic E-state index is 12.2. The summed E-state index contributed by atoms with van der Waals surface area (Å²) in [6, 6.07) is 7.04. The van der Waals surface area contributed by atoms with Crippen LogP contribution in [-0.2, 0) is 4.79 Å². The quantitative estimate of drug-likeness (QED) is 0.438. The average Bonchev–Trinajstić information content (AvgIpc) is 3.13. The number of rotatable bonds is 10. The summed E-state index contributed by atoms with van der Waals surface area (Å²) in [4.78, 5) is 26.0. The highest BCUT2D eigenvalue weighted by molar-refractivity contribution is 8.03. The largest absolute Gasteiger partial charge is 0.497 e. The van der Waals surface area contributed by atoms with Crippen molar-refractivity contribution in [3.05, 3.63) is 29.8 Å². The zero-order valence-corrected chi connectivity index (χ0v) is 17.4. The first-order chi connectivity index (χ1) is 12.6. The first kappa shape index (κ1) is 20.7. The van der Waals surface area contributed by atoms with Gasteiger partial charge >= 0.3 is 0 Å². The van der Waals surface area contributed by atoms with Crippen LogP contribution in [0, 0.1) is 0 Å². The zero-order chi connectivity index (χ0) is 18.9. The number of methoxy groups -OCH3 is 1. The molecule has 0 spiro atoms. The van der Waals surface area contributed by atoms with E-state index in [0.717, 1.165) is 14.4 Å². The number of ketones is 1. The van der Waals surface area contributed by atoms with Gasteiger partial charge in [0, 0.05) is 18.7 Å². The Balaban J connectivity index is 1.82. The normalized spacial score (nSPS) is 10.6. The number of Topliss-reactive ketones (excluding diaryl/α,β-unsaturated/α-hetero) is 1. The van der Waals surface area contributed by atoms with E-state index < -0.39 is 0 Å². The number of thioether (sulfide) groups is 2. The highest BCUT2D eigenvalue weighted by atomic mass is 32.2. The minimum Gasteiger partial charge on any atom is -0.497 e. The van der Waals surface area contributed by atoms with Gasteiger partial charge in [0.1, 0.15) is 5.75 Å². The minimum absolute atomic E-state index is 0.0266. The molecule has 1 heterocycles. The van der Waals surface area contributed by atoms with Gasteiger partial charge in [0.25, 0.3) is 0 Å². The van der Waals surface area contributed by atoms with E-state index in [4.69, 9.17) is 4.74 Å². The number of hydrogen-bond acceptors (Lipinski definition) is 8. The van der Waals surface area contributed by atoms with E-state index in [1.165, 1.54) is 34.9 Å². The van der Waals surface area contributed by atoms with Crippen molar-refractivity contribution in [1.29, 1.82) is 0 Å². The molecule has 9 heteroatoms. The van der Waals surface area contributed by atoms with Crippen molar-refractivity contribution >= 4 is 46.6 Å². The topological polar surface area (TPSA) is 72.4 Å². The van der Waals surface area contributed by atoms with Gasteiger partial charge in [-0.05, 0) is 38.1 Å². The van der Waals surface area contributed by atoms with E-state index in [1.54, 1.807) is 36.3 Å². The molecule has 0 aliphatic carbocycles. The molecule has 0 aliphatic heterocycles. The van der Waals surface area contributed by atoms with E-state index in [-0.39, 0.29) is 11.7 Å². The number of nitrogens with zero attached hydrogens (tertiary/aromatic N) is 3. The molecule has 0 atom stereocenters. The Morgan fingerprint density at radius 3 is 2.15 bits per heavy atom. The highest BCUT2D eigenvalue weighted by Gasteiger charge is 2.14. The van der Waals surface area contributed by atoms with Crippen LogP contribution in [-0.4, -0.2) is 58.5 Å². The van der Waals surface area contributed by atoms with Gasteiger partial charge in [-0.15, -0.1) is 10.2 Å². The highest BCUT2D eigenvalue weighted by Crippen LogP contribution is 2.29. The summed E-state index contributed by atoms with van der Waals surface area (Å²) in [5, 5.41) is 8.17. The summed E-state index contributed by atoms with van der Waals surface area (Å²) in [5.41, 5.74) is 0.641. The summed E-state index contributed by atoms with van der Waals surface area (Å²) in [7, 11) is 1.59. The molecule has 140 valence electrons. The summed E-state index contributed by atoms with van der Waals surface area (Å²) in [6.07, 6.45) is 0. The Kier molecular flexibility index (Phi) is 8.40. The summed E-state index contributed by atoms with van der Waals surface area (Å²) in [6.45, 7) is 5.35.